The Balaban J connectivity index is 2.01. The maximum absolute atomic E-state index is 6.24. The normalized spacial score (nSPS) is 10.9. The number of fused-ring (bicyclic) bond motifs is 1. The Morgan fingerprint density at radius 2 is 1.70 bits per heavy atom. The third kappa shape index (κ3) is 3.20. The lowest BCUT2D eigenvalue weighted by atomic mass is 10.2. The molecule has 0 aliphatic carbocycles. The van der Waals surface area contributed by atoms with E-state index in [0.29, 0.717) is 27.1 Å². The topological polar surface area (TPSA) is 113 Å². The molecule has 0 radical (unpaired) electrons. The van der Waals surface area contributed by atoms with Crippen molar-refractivity contribution >= 4 is 46.0 Å². The highest BCUT2D eigenvalue weighted by Gasteiger charge is 2.14. The lowest BCUT2D eigenvalue weighted by Crippen LogP contribution is -2.09. The van der Waals surface area contributed by atoms with Gasteiger partial charge in [0.2, 0.25) is 11.9 Å². The molecule has 0 unspecified atom stereocenters. The Morgan fingerprint density at radius 3 is 2.39 bits per heavy atom. The lowest BCUT2D eigenvalue weighted by molar-refractivity contribution is 0.299. The summed E-state index contributed by atoms with van der Waals surface area (Å²) in [5, 5.41) is 1.58. The van der Waals surface area contributed by atoms with Crippen LogP contribution in [-0.2, 0) is 6.61 Å². The van der Waals surface area contributed by atoms with Gasteiger partial charge < -0.3 is 16.2 Å². The van der Waals surface area contributed by atoms with Gasteiger partial charge in [-0.25, -0.2) is 4.98 Å². The molecule has 0 amide bonds. The third-order valence-electron chi connectivity index (χ3n) is 3.04. The van der Waals surface area contributed by atoms with Crippen molar-refractivity contribution in [3.63, 3.8) is 0 Å². The largest absolute Gasteiger partial charge is 0.482 e. The average molecular weight is 351 g/mol. The van der Waals surface area contributed by atoms with Gasteiger partial charge in [0.25, 0.3) is 0 Å². The van der Waals surface area contributed by atoms with Gasteiger partial charge in [0.05, 0.1) is 10.0 Å². The minimum Gasteiger partial charge on any atom is -0.482 e. The van der Waals surface area contributed by atoms with E-state index in [1.165, 1.54) is 0 Å². The van der Waals surface area contributed by atoms with Crippen molar-refractivity contribution < 1.29 is 4.74 Å². The molecule has 0 fully saturated rings. The summed E-state index contributed by atoms with van der Waals surface area (Å²) in [6.45, 7) is 1.88. The molecule has 23 heavy (non-hydrogen) atoms. The van der Waals surface area contributed by atoms with Crippen LogP contribution in [0.15, 0.2) is 18.2 Å². The summed E-state index contributed by atoms with van der Waals surface area (Å²) in [7, 11) is 0. The maximum Gasteiger partial charge on any atom is 0.225 e. The van der Waals surface area contributed by atoms with Crippen molar-refractivity contribution in [2.45, 2.75) is 13.5 Å². The molecule has 2 aromatic heterocycles. The predicted molar refractivity (Wildman–Crippen MR) is 89.5 cm³/mol. The van der Waals surface area contributed by atoms with Crippen LogP contribution in [0, 0.1) is 6.92 Å². The van der Waals surface area contributed by atoms with Gasteiger partial charge in [-0.05, 0) is 25.1 Å². The van der Waals surface area contributed by atoms with Crippen LogP contribution in [0.25, 0.3) is 10.9 Å². The second-order valence-corrected chi connectivity index (χ2v) is 5.59. The third-order valence-corrected chi connectivity index (χ3v) is 3.63. The zero-order chi connectivity index (χ0) is 16.6. The van der Waals surface area contributed by atoms with Crippen molar-refractivity contribution in [3.8, 4) is 5.75 Å². The number of hydrogen-bond acceptors (Lipinski definition) is 7. The van der Waals surface area contributed by atoms with Crippen LogP contribution in [0.4, 0.5) is 11.9 Å². The van der Waals surface area contributed by atoms with Crippen LogP contribution in [-0.4, -0.2) is 19.9 Å². The quantitative estimate of drug-likeness (QED) is 0.746. The molecule has 0 spiro atoms. The van der Waals surface area contributed by atoms with Gasteiger partial charge in [-0.2, -0.15) is 15.0 Å². The lowest BCUT2D eigenvalue weighted by Gasteiger charge is -2.12. The highest BCUT2D eigenvalue weighted by atomic mass is 35.5. The van der Waals surface area contributed by atoms with E-state index >= 15 is 0 Å². The van der Waals surface area contributed by atoms with E-state index < -0.39 is 0 Å². The fraction of sp³-hybridized carbons (Fsp3) is 0.143. The first-order chi connectivity index (χ1) is 10.9. The standard InChI is InChI=1S/C14H12Cl2N6O/c1-6-2-3-7-8(15)4-9(16)12(11(7)19-6)23-5-10-20-13(17)22-14(18)21-10/h2-4H,5H2,1H3,(H4,17,18,20,21,22). The number of ether oxygens (including phenoxy) is 1. The highest BCUT2D eigenvalue weighted by molar-refractivity contribution is 6.39. The summed E-state index contributed by atoms with van der Waals surface area (Å²) in [6.07, 6.45) is 0. The Hall–Kier alpha value is -2.38. The van der Waals surface area contributed by atoms with E-state index in [1.54, 1.807) is 6.07 Å². The van der Waals surface area contributed by atoms with E-state index in [4.69, 9.17) is 39.4 Å². The molecule has 7 nitrogen and oxygen atoms in total. The number of nitrogens with zero attached hydrogens (tertiary/aromatic N) is 4. The van der Waals surface area contributed by atoms with Crippen LogP contribution < -0.4 is 16.2 Å². The van der Waals surface area contributed by atoms with E-state index in [-0.39, 0.29) is 18.5 Å². The second-order valence-electron chi connectivity index (χ2n) is 4.77. The minimum atomic E-state index is 0.0169. The number of halogens is 2. The summed E-state index contributed by atoms with van der Waals surface area (Å²) >= 11 is 12.4. The number of nitrogens with two attached hydrogens (primary N) is 2. The molecule has 1 aromatic carbocycles. The molecule has 0 saturated heterocycles. The first-order valence-electron chi connectivity index (χ1n) is 6.58. The molecule has 0 aliphatic rings. The summed E-state index contributed by atoms with van der Waals surface area (Å²) in [5.74, 6) is 0.739. The van der Waals surface area contributed by atoms with Crippen LogP contribution in [0.2, 0.25) is 10.0 Å². The summed E-state index contributed by atoms with van der Waals surface area (Å²) < 4.78 is 5.74. The zero-order valence-corrected chi connectivity index (χ0v) is 13.6. The Labute approximate surface area is 141 Å². The van der Waals surface area contributed by atoms with Crippen molar-refractivity contribution in [3.05, 3.63) is 39.8 Å². The molecule has 2 heterocycles. The minimum absolute atomic E-state index is 0.0169. The molecular weight excluding hydrogens is 339 g/mol. The van der Waals surface area contributed by atoms with Gasteiger partial charge in [0, 0.05) is 11.1 Å². The van der Waals surface area contributed by atoms with Crippen LogP contribution in [0.1, 0.15) is 11.5 Å². The highest BCUT2D eigenvalue weighted by Crippen LogP contribution is 2.37. The van der Waals surface area contributed by atoms with Crippen molar-refractivity contribution in [2.75, 3.05) is 11.5 Å². The smallest absolute Gasteiger partial charge is 0.225 e. The SMILES string of the molecule is Cc1ccc2c(Cl)cc(Cl)c(OCc3nc(N)nc(N)n3)c2n1. The molecule has 9 heteroatoms. The average Bonchev–Trinajstić information content (AvgIpc) is 2.45. The number of aromatic nitrogens is 4. The number of pyridine rings is 1. The number of aryl methyl sites for hydroxylation is 1. The molecule has 4 N–H and O–H groups in total. The van der Waals surface area contributed by atoms with Gasteiger partial charge in [0.1, 0.15) is 12.1 Å². The van der Waals surface area contributed by atoms with E-state index in [0.717, 1.165) is 11.1 Å². The second kappa shape index (κ2) is 6.02. The van der Waals surface area contributed by atoms with Crippen molar-refractivity contribution in [1.82, 2.24) is 19.9 Å². The Bertz CT molecular complexity index is 882. The summed E-state index contributed by atoms with van der Waals surface area (Å²) in [5.41, 5.74) is 12.5. The van der Waals surface area contributed by atoms with Gasteiger partial charge in [-0.1, -0.05) is 23.2 Å². The number of hydrogen-bond donors (Lipinski definition) is 2. The van der Waals surface area contributed by atoms with E-state index in [2.05, 4.69) is 19.9 Å². The van der Waals surface area contributed by atoms with Crippen molar-refractivity contribution in [1.29, 1.82) is 0 Å². The molecule has 118 valence electrons. The zero-order valence-electron chi connectivity index (χ0n) is 12.0. The molecule has 0 aliphatic heterocycles. The van der Waals surface area contributed by atoms with Crippen molar-refractivity contribution in [2.24, 2.45) is 0 Å². The van der Waals surface area contributed by atoms with Crippen LogP contribution >= 0.6 is 23.2 Å². The number of rotatable bonds is 3. The van der Waals surface area contributed by atoms with Gasteiger partial charge >= 0.3 is 0 Å². The van der Waals surface area contributed by atoms with Gasteiger partial charge in [-0.15, -0.1) is 0 Å². The van der Waals surface area contributed by atoms with E-state index in [1.807, 2.05) is 19.1 Å². The molecule has 3 aromatic rings. The Kier molecular flexibility index (Phi) is 4.06. The monoisotopic (exact) mass is 350 g/mol. The first kappa shape index (κ1) is 15.5. The number of anilines is 2. The maximum atomic E-state index is 6.24. The summed E-state index contributed by atoms with van der Waals surface area (Å²) in [6, 6.07) is 5.33. The van der Waals surface area contributed by atoms with E-state index in [9.17, 15) is 0 Å². The number of benzene rings is 1. The molecular formula is C14H12Cl2N6O. The van der Waals surface area contributed by atoms with Crippen LogP contribution in [0.3, 0.4) is 0 Å². The van der Waals surface area contributed by atoms with Crippen LogP contribution in [0.5, 0.6) is 5.75 Å². The first-order valence-corrected chi connectivity index (χ1v) is 7.33. The Morgan fingerprint density at radius 1 is 1.00 bits per heavy atom. The van der Waals surface area contributed by atoms with Gasteiger partial charge in [-0.3, -0.25) is 0 Å². The van der Waals surface area contributed by atoms with Gasteiger partial charge in [0.15, 0.2) is 11.6 Å². The predicted octanol–water partition coefficient (Wildman–Crippen LogP) is 2.78. The molecule has 3 rings (SSSR count). The molecule has 0 atom stereocenters. The summed E-state index contributed by atoms with van der Waals surface area (Å²) in [4.78, 5) is 16.1. The number of nitrogen functional groups attached to an aromatic ring is 2. The fourth-order valence-electron chi connectivity index (χ4n) is 2.09. The fourth-order valence-corrected chi connectivity index (χ4v) is 2.66. The molecule has 0 bridgehead atoms. The molecule has 0 saturated carbocycles.